The van der Waals surface area contributed by atoms with E-state index in [1.807, 2.05) is 65.7 Å². The van der Waals surface area contributed by atoms with Crippen LogP contribution in [0, 0.1) is 20.8 Å². The summed E-state index contributed by atoms with van der Waals surface area (Å²) in [5, 5.41) is 6.94. The summed E-state index contributed by atoms with van der Waals surface area (Å²) in [6.45, 7) is 6.33. The van der Waals surface area contributed by atoms with Crippen LogP contribution in [-0.2, 0) is 4.79 Å². The van der Waals surface area contributed by atoms with E-state index in [0.29, 0.717) is 5.11 Å². The highest BCUT2D eigenvalue weighted by molar-refractivity contribution is 7.80. The monoisotopic (exact) mass is 496 g/mol. The first kappa shape index (κ1) is 23.7. The van der Waals surface area contributed by atoms with Crippen LogP contribution in [0.1, 0.15) is 40.3 Å². The minimum Gasteiger partial charge on any atom is -0.352 e. The smallest absolute Gasteiger partial charge is 0.244 e. The van der Waals surface area contributed by atoms with Crippen molar-refractivity contribution in [2.24, 2.45) is 0 Å². The van der Waals surface area contributed by atoms with Crippen LogP contribution in [-0.4, -0.2) is 37.0 Å². The van der Waals surface area contributed by atoms with Gasteiger partial charge in [0.1, 0.15) is 12.4 Å². The van der Waals surface area contributed by atoms with Gasteiger partial charge in [-0.2, -0.15) is 0 Å². The fraction of sp³-hybridized carbons (Fsp3) is 0.214. The largest absolute Gasteiger partial charge is 0.352 e. The number of benzene rings is 1. The molecule has 0 bridgehead atoms. The number of rotatable bonds is 6. The Bertz CT molecular complexity index is 1400. The standard InChI is InChI=1S/C28H28N6OS/c1-18-12-14-30-24(15-18)34-19(2)16-22(20(34)3)27-26(23-11-7-8-13-29-23)32-28(36)33(27)17-25(35)31-21-9-5-4-6-10-21/h4-16,26-27H,17H2,1-3H3,(H,31,35)(H,32,36)/t26-,27+/m0/s1. The van der Waals surface area contributed by atoms with Crippen molar-refractivity contribution in [2.45, 2.75) is 32.9 Å². The summed E-state index contributed by atoms with van der Waals surface area (Å²) in [5.41, 5.74) is 5.95. The van der Waals surface area contributed by atoms with Gasteiger partial charge in [0.15, 0.2) is 5.11 Å². The second-order valence-electron chi connectivity index (χ2n) is 9.02. The maximum absolute atomic E-state index is 13.1. The molecule has 0 saturated carbocycles. The molecule has 0 aliphatic carbocycles. The van der Waals surface area contributed by atoms with Crippen LogP contribution < -0.4 is 10.6 Å². The minimum atomic E-state index is -0.223. The molecule has 8 heteroatoms. The van der Waals surface area contributed by atoms with Crippen molar-refractivity contribution >= 4 is 28.9 Å². The number of amides is 1. The number of nitrogens with one attached hydrogen (secondary N) is 2. The molecule has 1 aliphatic rings. The van der Waals surface area contributed by atoms with Gasteiger partial charge in [0, 0.05) is 29.5 Å². The lowest BCUT2D eigenvalue weighted by atomic mass is 9.96. The molecule has 36 heavy (non-hydrogen) atoms. The van der Waals surface area contributed by atoms with Gasteiger partial charge in [0.05, 0.1) is 17.8 Å². The lowest BCUT2D eigenvalue weighted by Gasteiger charge is -2.27. The van der Waals surface area contributed by atoms with E-state index >= 15 is 0 Å². The van der Waals surface area contributed by atoms with E-state index in [1.165, 1.54) is 0 Å². The lowest BCUT2D eigenvalue weighted by molar-refractivity contribution is -0.116. The number of pyridine rings is 2. The lowest BCUT2D eigenvalue weighted by Crippen LogP contribution is -2.37. The third kappa shape index (κ3) is 4.59. The van der Waals surface area contributed by atoms with Gasteiger partial charge in [-0.05, 0) is 86.6 Å². The van der Waals surface area contributed by atoms with Crippen molar-refractivity contribution in [1.82, 2.24) is 24.8 Å². The van der Waals surface area contributed by atoms with Crippen LogP contribution in [0.2, 0.25) is 0 Å². The van der Waals surface area contributed by atoms with E-state index in [4.69, 9.17) is 12.2 Å². The number of nitrogens with zero attached hydrogens (tertiary/aromatic N) is 4. The highest BCUT2D eigenvalue weighted by Crippen LogP contribution is 2.41. The van der Waals surface area contributed by atoms with Crippen molar-refractivity contribution in [3.63, 3.8) is 0 Å². The average molecular weight is 497 g/mol. The number of aryl methyl sites for hydroxylation is 2. The number of carbonyl (C=O) groups is 1. The molecule has 2 atom stereocenters. The van der Waals surface area contributed by atoms with Gasteiger partial charge >= 0.3 is 0 Å². The predicted octanol–water partition coefficient (Wildman–Crippen LogP) is 4.80. The third-order valence-electron chi connectivity index (χ3n) is 6.49. The molecule has 3 aromatic heterocycles. The Morgan fingerprint density at radius 1 is 1.00 bits per heavy atom. The van der Waals surface area contributed by atoms with Gasteiger partial charge in [0.2, 0.25) is 5.91 Å². The topological polar surface area (TPSA) is 75.1 Å². The van der Waals surface area contributed by atoms with Gasteiger partial charge in [-0.25, -0.2) is 4.98 Å². The van der Waals surface area contributed by atoms with Crippen LogP contribution in [0.5, 0.6) is 0 Å². The first-order valence-corrected chi connectivity index (χ1v) is 12.3. The number of hydrogen-bond acceptors (Lipinski definition) is 4. The Labute approximate surface area is 216 Å². The number of aromatic nitrogens is 3. The van der Waals surface area contributed by atoms with E-state index in [9.17, 15) is 4.79 Å². The molecular formula is C28H28N6OS. The van der Waals surface area contributed by atoms with E-state index in [2.05, 4.69) is 58.1 Å². The quantitative estimate of drug-likeness (QED) is 0.374. The zero-order valence-corrected chi connectivity index (χ0v) is 21.3. The van der Waals surface area contributed by atoms with Gasteiger partial charge in [0.25, 0.3) is 0 Å². The molecule has 2 N–H and O–H groups in total. The molecule has 0 radical (unpaired) electrons. The molecule has 4 heterocycles. The first-order valence-electron chi connectivity index (χ1n) is 11.9. The molecule has 1 aromatic carbocycles. The summed E-state index contributed by atoms with van der Waals surface area (Å²) in [6, 6.07) is 21.1. The maximum Gasteiger partial charge on any atom is 0.244 e. The summed E-state index contributed by atoms with van der Waals surface area (Å²) >= 11 is 5.76. The zero-order valence-electron chi connectivity index (χ0n) is 20.5. The summed E-state index contributed by atoms with van der Waals surface area (Å²) < 4.78 is 2.15. The third-order valence-corrected chi connectivity index (χ3v) is 6.84. The van der Waals surface area contributed by atoms with E-state index in [1.54, 1.807) is 6.20 Å². The number of hydrogen-bond donors (Lipinski definition) is 2. The Morgan fingerprint density at radius 2 is 1.78 bits per heavy atom. The minimum absolute atomic E-state index is 0.112. The molecule has 0 spiro atoms. The number of anilines is 1. The summed E-state index contributed by atoms with van der Waals surface area (Å²) in [7, 11) is 0. The summed E-state index contributed by atoms with van der Waals surface area (Å²) in [5.74, 6) is 0.735. The Balaban J connectivity index is 1.54. The Kier molecular flexibility index (Phi) is 6.52. The molecule has 182 valence electrons. The van der Waals surface area contributed by atoms with Crippen LogP contribution in [0.25, 0.3) is 5.82 Å². The molecular weight excluding hydrogens is 468 g/mol. The highest BCUT2D eigenvalue weighted by Gasteiger charge is 2.42. The van der Waals surface area contributed by atoms with Gasteiger partial charge < -0.3 is 20.1 Å². The van der Waals surface area contributed by atoms with Gasteiger partial charge in [-0.1, -0.05) is 24.3 Å². The fourth-order valence-corrected chi connectivity index (χ4v) is 5.18. The molecule has 1 fully saturated rings. The fourth-order valence-electron chi connectivity index (χ4n) is 4.87. The molecule has 1 aliphatic heterocycles. The molecule has 1 amide bonds. The maximum atomic E-state index is 13.1. The molecule has 1 saturated heterocycles. The second-order valence-corrected chi connectivity index (χ2v) is 9.41. The van der Waals surface area contributed by atoms with Crippen LogP contribution in [0.4, 0.5) is 5.69 Å². The predicted molar refractivity (Wildman–Crippen MR) is 145 cm³/mol. The average Bonchev–Trinajstić information content (AvgIpc) is 3.35. The van der Waals surface area contributed by atoms with Crippen molar-refractivity contribution in [2.75, 3.05) is 11.9 Å². The summed E-state index contributed by atoms with van der Waals surface area (Å²) in [6.07, 6.45) is 3.61. The molecule has 4 aromatic rings. The van der Waals surface area contributed by atoms with E-state index in [0.717, 1.165) is 39.7 Å². The van der Waals surface area contributed by atoms with Crippen LogP contribution in [0.15, 0.2) is 79.1 Å². The van der Waals surface area contributed by atoms with Crippen molar-refractivity contribution in [3.8, 4) is 5.82 Å². The Morgan fingerprint density at radius 3 is 2.50 bits per heavy atom. The van der Waals surface area contributed by atoms with E-state index in [-0.39, 0.29) is 24.5 Å². The van der Waals surface area contributed by atoms with Crippen molar-refractivity contribution in [1.29, 1.82) is 0 Å². The highest BCUT2D eigenvalue weighted by atomic mass is 32.1. The molecule has 0 unspecified atom stereocenters. The number of carbonyl (C=O) groups excluding carboxylic acids is 1. The normalized spacial score (nSPS) is 17.2. The SMILES string of the molecule is Cc1ccnc(-n2c(C)cc([C@@H]3[C@H](c4ccccn4)NC(=S)N3CC(=O)Nc3ccccc3)c2C)c1. The van der Waals surface area contributed by atoms with Crippen molar-refractivity contribution in [3.05, 3.63) is 107 Å². The van der Waals surface area contributed by atoms with Crippen LogP contribution in [0.3, 0.4) is 0 Å². The second kappa shape index (κ2) is 9.91. The molecule has 5 rings (SSSR count). The van der Waals surface area contributed by atoms with Gasteiger partial charge in [-0.15, -0.1) is 0 Å². The van der Waals surface area contributed by atoms with E-state index < -0.39 is 0 Å². The number of thiocarbonyl (C=S) groups is 1. The summed E-state index contributed by atoms with van der Waals surface area (Å²) in [4.78, 5) is 24.3. The Hall–Kier alpha value is -4.04. The number of para-hydroxylation sites is 1. The van der Waals surface area contributed by atoms with Crippen molar-refractivity contribution < 1.29 is 4.79 Å². The van der Waals surface area contributed by atoms with Gasteiger partial charge in [-0.3, -0.25) is 9.78 Å². The first-order chi connectivity index (χ1) is 17.4. The molecule has 7 nitrogen and oxygen atoms in total. The zero-order chi connectivity index (χ0) is 25.2. The van der Waals surface area contributed by atoms with Crippen LogP contribution >= 0.6 is 12.2 Å².